The molecule has 0 aliphatic carbocycles. The van der Waals surface area contributed by atoms with E-state index in [-0.39, 0.29) is 5.84 Å². The van der Waals surface area contributed by atoms with Gasteiger partial charge in [-0.05, 0) is 42.5 Å². The molecule has 6 heteroatoms. The Hall–Kier alpha value is -3.67. The van der Waals surface area contributed by atoms with E-state index in [2.05, 4.69) is 15.0 Å². The van der Waals surface area contributed by atoms with Gasteiger partial charge in [-0.1, -0.05) is 12.1 Å². The van der Waals surface area contributed by atoms with Gasteiger partial charge in [0.25, 0.3) is 0 Å². The van der Waals surface area contributed by atoms with Gasteiger partial charge >= 0.3 is 0 Å². The quantitative estimate of drug-likeness (QED) is 0.389. The second kappa shape index (κ2) is 6.33. The van der Waals surface area contributed by atoms with Gasteiger partial charge in [0.2, 0.25) is 0 Å². The first-order chi connectivity index (χ1) is 12.7. The molecular weight excluding hydrogens is 326 g/mol. The average molecular weight is 343 g/mol. The number of H-pyrrole nitrogens is 1. The molecule has 0 saturated heterocycles. The molecule has 0 aliphatic heterocycles. The van der Waals surface area contributed by atoms with Crippen molar-refractivity contribution in [2.24, 2.45) is 5.73 Å². The second-order valence-electron chi connectivity index (χ2n) is 5.86. The number of hydrogen-bond acceptors (Lipinski definition) is 4. The molecule has 0 amide bonds. The number of imidazole rings is 1. The minimum absolute atomic E-state index is 0.00162. The summed E-state index contributed by atoms with van der Waals surface area (Å²) in [5, 5.41) is 7.47. The Labute approximate surface area is 150 Å². The van der Waals surface area contributed by atoms with Crippen molar-refractivity contribution in [3.63, 3.8) is 0 Å². The lowest BCUT2D eigenvalue weighted by molar-refractivity contribution is 0.416. The maximum atomic E-state index is 7.47. The number of methoxy groups -OCH3 is 1. The van der Waals surface area contributed by atoms with Crippen LogP contribution < -0.4 is 10.5 Å². The molecule has 2 aromatic heterocycles. The van der Waals surface area contributed by atoms with Crippen molar-refractivity contribution in [3.8, 4) is 28.4 Å². The van der Waals surface area contributed by atoms with Crippen molar-refractivity contribution >= 4 is 16.9 Å². The van der Waals surface area contributed by atoms with E-state index in [4.69, 9.17) is 15.9 Å². The van der Waals surface area contributed by atoms with Crippen molar-refractivity contribution in [1.82, 2.24) is 15.0 Å². The Bertz CT molecular complexity index is 1070. The number of pyridine rings is 1. The van der Waals surface area contributed by atoms with Gasteiger partial charge < -0.3 is 15.5 Å². The molecule has 0 unspecified atom stereocenters. The highest BCUT2D eigenvalue weighted by Gasteiger charge is 2.13. The van der Waals surface area contributed by atoms with Crippen LogP contribution in [0.5, 0.6) is 5.75 Å². The van der Waals surface area contributed by atoms with Gasteiger partial charge in [0.05, 0.1) is 29.4 Å². The van der Waals surface area contributed by atoms with Gasteiger partial charge in [-0.25, -0.2) is 4.98 Å². The van der Waals surface area contributed by atoms with Crippen LogP contribution in [0, 0.1) is 5.41 Å². The average Bonchev–Trinajstić information content (AvgIpc) is 3.11. The van der Waals surface area contributed by atoms with E-state index in [0.29, 0.717) is 5.56 Å². The van der Waals surface area contributed by atoms with Gasteiger partial charge in [0, 0.05) is 17.3 Å². The first kappa shape index (κ1) is 15.8. The van der Waals surface area contributed by atoms with Crippen LogP contribution in [0.2, 0.25) is 0 Å². The number of para-hydroxylation sites is 2. The number of nitrogens with zero attached hydrogens (tertiary/aromatic N) is 2. The highest BCUT2D eigenvalue weighted by molar-refractivity contribution is 5.94. The smallest absolute Gasteiger partial charge is 0.142 e. The maximum Gasteiger partial charge on any atom is 0.142 e. The molecule has 0 aliphatic rings. The third-order valence-electron chi connectivity index (χ3n) is 4.21. The predicted molar refractivity (Wildman–Crippen MR) is 102 cm³/mol. The number of benzene rings is 2. The van der Waals surface area contributed by atoms with Gasteiger partial charge in [0.1, 0.15) is 17.4 Å². The molecule has 0 saturated carbocycles. The first-order valence-corrected chi connectivity index (χ1v) is 8.09. The summed E-state index contributed by atoms with van der Waals surface area (Å²) in [6.07, 6.45) is 1.60. The van der Waals surface area contributed by atoms with Gasteiger partial charge in [0.15, 0.2) is 0 Å². The van der Waals surface area contributed by atoms with Gasteiger partial charge in [-0.15, -0.1) is 0 Å². The van der Waals surface area contributed by atoms with Crippen LogP contribution in [0.3, 0.4) is 0 Å². The monoisotopic (exact) mass is 343 g/mol. The van der Waals surface area contributed by atoms with Crippen LogP contribution in [0.4, 0.5) is 0 Å². The zero-order chi connectivity index (χ0) is 18.1. The predicted octanol–water partition coefficient (Wildman–Crippen LogP) is 3.58. The fourth-order valence-corrected chi connectivity index (χ4v) is 2.86. The van der Waals surface area contributed by atoms with Crippen molar-refractivity contribution < 1.29 is 4.74 Å². The lowest BCUT2D eigenvalue weighted by atomic mass is 10.1. The number of nitrogens with one attached hydrogen (secondary N) is 2. The number of amidine groups is 1. The number of nitrogen functional groups attached to an aromatic ring is 1. The Balaban J connectivity index is 1.81. The standard InChI is InChI=1S/C20H17N5O/c1-26-18-9-7-12(15-8-6-13(11-23-15)19(21)22)10-14(18)20-24-16-4-2-3-5-17(16)25-20/h2-11H,1H3,(H3,21,22)(H,24,25). The number of aromatic amines is 1. The molecule has 128 valence electrons. The highest BCUT2D eigenvalue weighted by Crippen LogP contribution is 2.33. The van der Waals surface area contributed by atoms with E-state index in [1.54, 1.807) is 19.4 Å². The van der Waals surface area contributed by atoms with Crippen LogP contribution in [-0.4, -0.2) is 27.9 Å². The van der Waals surface area contributed by atoms with Crippen LogP contribution >= 0.6 is 0 Å². The van der Waals surface area contributed by atoms with Crippen LogP contribution in [-0.2, 0) is 0 Å². The summed E-state index contributed by atoms with van der Waals surface area (Å²) in [7, 11) is 1.64. The normalized spacial score (nSPS) is 10.8. The Morgan fingerprint density at radius 1 is 1.12 bits per heavy atom. The van der Waals surface area contributed by atoms with Crippen LogP contribution in [0.25, 0.3) is 33.7 Å². The third-order valence-corrected chi connectivity index (χ3v) is 4.21. The molecule has 0 fully saturated rings. The van der Waals surface area contributed by atoms with Gasteiger partial charge in [-0.3, -0.25) is 10.4 Å². The highest BCUT2D eigenvalue weighted by atomic mass is 16.5. The molecule has 0 atom stereocenters. The maximum absolute atomic E-state index is 7.47. The van der Waals surface area contributed by atoms with Crippen molar-refractivity contribution in [1.29, 1.82) is 5.41 Å². The lowest BCUT2D eigenvalue weighted by Crippen LogP contribution is -2.11. The molecule has 0 bridgehead atoms. The topological polar surface area (TPSA) is 101 Å². The summed E-state index contributed by atoms with van der Waals surface area (Å²) >= 11 is 0. The largest absolute Gasteiger partial charge is 0.496 e. The van der Waals surface area contributed by atoms with E-state index in [1.165, 1.54) is 0 Å². The van der Waals surface area contributed by atoms with Gasteiger partial charge in [-0.2, -0.15) is 0 Å². The van der Waals surface area contributed by atoms with E-state index < -0.39 is 0 Å². The number of fused-ring (bicyclic) bond motifs is 1. The van der Waals surface area contributed by atoms with Crippen LogP contribution in [0.15, 0.2) is 60.8 Å². The molecule has 4 N–H and O–H groups in total. The Morgan fingerprint density at radius 3 is 2.65 bits per heavy atom. The third kappa shape index (κ3) is 2.77. The minimum Gasteiger partial charge on any atom is -0.496 e. The number of rotatable bonds is 4. The van der Waals surface area contributed by atoms with E-state index in [0.717, 1.165) is 39.4 Å². The number of aromatic nitrogens is 3. The molecule has 0 spiro atoms. The van der Waals surface area contributed by atoms with E-state index in [9.17, 15) is 0 Å². The summed E-state index contributed by atoms with van der Waals surface area (Å²) in [6.45, 7) is 0. The number of hydrogen-bond donors (Lipinski definition) is 3. The molecule has 4 rings (SSSR count). The summed E-state index contributed by atoms with van der Waals surface area (Å²) < 4.78 is 5.51. The van der Waals surface area contributed by atoms with Crippen molar-refractivity contribution in [2.75, 3.05) is 7.11 Å². The summed E-state index contributed by atoms with van der Waals surface area (Å²) in [4.78, 5) is 12.4. The molecule has 2 aromatic carbocycles. The van der Waals surface area contributed by atoms with E-state index >= 15 is 0 Å². The fraction of sp³-hybridized carbons (Fsp3) is 0.0500. The SMILES string of the molecule is COc1ccc(-c2ccc(C(=N)N)cn2)cc1-c1nc2ccccc2[nH]1. The zero-order valence-electron chi connectivity index (χ0n) is 14.2. The molecule has 4 aromatic rings. The molecule has 0 radical (unpaired) electrons. The Kier molecular flexibility index (Phi) is 3.85. The lowest BCUT2D eigenvalue weighted by Gasteiger charge is -2.09. The number of nitrogens with two attached hydrogens (primary N) is 1. The first-order valence-electron chi connectivity index (χ1n) is 8.09. The number of ether oxygens (including phenoxy) is 1. The summed E-state index contributed by atoms with van der Waals surface area (Å²) in [5.74, 6) is 1.47. The molecule has 6 nitrogen and oxygen atoms in total. The minimum atomic E-state index is 0.00162. The zero-order valence-corrected chi connectivity index (χ0v) is 14.2. The fourth-order valence-electron chi connectivity index (χ4n) is 2.86. The molecule has 26 heavy (non-hydrogen) atoms. The van der Waals surface area contributed by atoms with Crippen molar-refractivity contribution in [2.45, 2.75) is 0 Å². The van der Waals surface area contributed by atoms with Crippen molar-refractivity contribution in [3.05, 3.63) is 66.4 Å². The molecule has 2 heterocycles. The summed E-state index contributed by atoms with van der Waals surface area (Å²) in [6, 6.07) is 17.4. The van der Waals surface area contributed by atoms with Crippen LogP contribution in [0.1, 0.15) is 5.56 Å². The molecular formula is C20H17N5O. The summed E-state index contributed by atoms with van der Waals surface area (Å²) in [5.41, 5.74) is 10.5. The second-order valence-corrected chi connectivity index (χ2v) is 5.86. The van der Waals surface area contributed by atoms with E-state index in [1.807, 2.05) is 48.5 Å². The Morgan fingerprint density at radius 2 is 1.96 bits per heavy atom.